The van der Waals surface area contributed by atoms with Gasteiger partial charge < -0.3 is 0 Å². The van der Waals surface area contributed by atoms with Crippen LogP contribution in [-0.4, -0.2) is 26.7 Å². The van der Waals surface area contributed by atoms with Crippen LogP contribution in [0.2, 0.25) is 0 Å². The topological polar surface area (TPSA) is 0 Å². The van der Waals surface area contributed by atoms with E-state index in [1.165, 1.54) is 54.4 Å². The zero-order valence-electron chi connectivity index (χ0n) is 22.7. The summed E-state index contributed by atoms with van der Waals surface area (Å²) < 4.78 is 0. The van der Waals surface area contributed by atoms with Crippen LogP contribution in [0.15, 0.2) is 121 Å². The summed E-state index contributed by atoms with van der Waals surface area (Å²) >= 11 is -0.556. The van der Waals surface area contributed by atoms with E-state index in [-0.39, 0.29) is 15.8 Å². The Balaban J connectivity index is 0.000000165. The van der Waals surface area contributed by atoms with Crippen LogP contribution in [0.3, 0.4) is 0 Å². The Morgan fingerprint density at radius 1 is 0.513 bits per heavy atom. The minimum absolute atomic E-state index is 0.0237. The van der Waals surface area contributed by atoms with Crippen molar-refractivity contribution in [1.29, 1.82) is 0 Å². The first kappa shape index (κ1) is 30.2. The molecule has 39 heavy (non-hydrogen) atoms. The summed E-state index contributed by atoms with van der Waals surface area (Å²) in [6, 6.07) is 43.9. The zero-order chi connectivity index (χ0) is 27.8. The SMILES string of the molecule is CP(C)c1cc2c(-c3ccccc3)cccc2[cH-]1.CP(C)c1cc2c(-c3ccccc3)cccc2[cH-]1.[Cl][Ti][Cl]. The summed E-state index contributed by atoms with van der Waals surface area (Å²) in [6.45, 7) is 9.24. The molecule has 0 spiro atoms. The molecule has 0 radical (unpaired) electrons. The molecule has 6 aromatic rings. The molecule has 0 aliphatic heterocycles. The maximum atomic E-state index is 4.89. The summed E-state index contributed by atoms with van der Waals surface area (Å²) in [6.07, 6.45) is 0. The minimum atomic E-state index is -0.556. The Bertz CT molecular complexity index is 1480. The van der Waals surface area contributed by atoms with Gasteiger partial charge in [-0.15, -0.1) is 84.4 Å². The van der Waals surface area contributed by atoms with Gasteiger partial charge in [-0.1, -0.05) is 83.9 Å². The summed E-state index contributed by atoms with van der Waals surface area (Å²) in [5.74, 6) is 0. The number of hydrogen-bond acceptors (Lipinski definition) is 0. The molecule has 198 valence electrons. The van der Waals surface area contributed by atoms with E-state index in [2.05, 4.69) is 148 Å². The molecule has 0 unspecified atom stereocenters. The van der Waals surface area contributed by atoms with Crippen LogP contribution in [0.5, 0.6) is 0 Å². The van der Waals surface area contributed by atoms with Crippen molar-refractivity contribution in [1.82, 2.24) is 0 Å². The summed E-state index contributed by atoms with van der Waals surface area (Å²) in [4.78, 5) is 0. The molecule has 0 nitrogen and oxygen atoms in total. The molecule has 0 amide bonds. The Kier molecular flexibility index (Phi) is 11.4. The molecule has 0 fully saturated rings. The molecule has 0 saturated heterocycles. The van der Waals surface area contributed by atoms with E-state index in [9.17, 15) is 0 Å². The second kappa shape index (κ2) is 14.8. The van der Waals surface area contributed by atoms with E-state index >= 15 is 0 Å². The van der Waals surface area contributed by atoms with E-state index in [0.717, 1.165) is 0 Å². The number of rotatable bonds is 4. The third-order valence-electron chi connectivity index (χ3n) is 6.67. The average Bonchev–Trinajstić information content (AvgIpc) is 3.60. The molecule has 0 bridgehead atoms. The van der Waals surface area contributed by atoms with Crippen molar-refractivity contribution in [2.24, 2.45) is 0 Å². The van der Waals surface area contributed by atoms with Crippen molar-refractivity contribution < 1.29 is 17.0 Å². The third kappa shape index (κ3) is 7.72. The van der Waals surface area contributed by atoms with Crippen molar-refractivity contribution in [3.8, 4) is 22.3 Å². The van der Waals surface area contributed by atoms with Crippen molar-refractivity contribution in [2.75, 3.05) is 26.7 Å². The van der Waals surface area contributed by atoms with Gasteiger partial charge in [0.25, 0.3) is 0 Å². The van der Waals surface area contributed by atoms with Gasteiger partial charge in [-0.05, 0) is 37.8 Å². The number of benzene rings is 4. The molecule has 0 saturated carbocycles. The second-order valence-electron chi connectivity index (χ2n) is 9.64. The van der Waals surface area contributed by atoms with Crippen molar-refractivity contribution in [2.45, 2.75) is 0 Å². The summed E-state index contributed by atoms with van der Waals surface area (Å²) in [5.41, 5.74) is 5.29. The fourth-order valence-electron chi connectivity index (χ4n) is 4.69. The van der Waals surface area contributed by atoms with Crippen LogP contribution in [0.1, 0.15) is 0 Å². The molecule has 0 atom stereocenters. The monoisotopic (exact) mass is 620 g/mol. The molecule has 6 aromatic carbocycles. The van der Waals surface area contributed by atoms with E-state index in [0.29, 0.717) is 0 Å². The standard InChI is InChI=1S/2C17H16P.2ClH.Ti/c2*1-18(2)15-11-14-9-6-10-16(17(14)12-15)13-7-4-3-5-8-13;;;/h2*3-12H,1-2H3;2*1H;/q2*-1;;;+2/p-2. The summed E-state index contributed by atoms with van der Waals surface area (Å²) in [7, 11) is 9.73. The van der Waals surface area contributed by atoms with Gasteiger partial charge in [0, 0.05) is 0 Å². The van der Waals surface area contributed by atoms with Gasteiger partial charge in [0.05, 0.1) is 0 Å². The predicted molar refractivity (Wildman–Crippen MR) is 178 cm³/mol. The first-order valence-corrected chi connectivity index (χ1v) is 21.5. The van der Waals surface area contributed by atoms with Gasteiger partial charge in [-0.2, -0.15) is 12.1 Å². The zero-order valence-corrected chi connectivity index (χ0v) is 27.6. The predicted octanol–water partition coefficient (Wildman–Crippen LogP) is 10.6. The second-order valence-corrected chi connectivity index (χ2v) is 16.8. The average molecular weight is 621 g/mol. The first-order valence-electron chi connectivity index (χ1n) is 12.7. The maximum absolute atomic E-state index is 4.89. The first-order chi connectivity index (χ1) is 18.9. The van der Waals surface area contributed by atoms with Gasteiger partial charge in [0.2, 0.25) is 0 Å². The fraction of sp³-hybridized carbons (Fsp3) is 0.118. The van der Waals surface area contributed by atoms with Gasteiger partial charge in [-0.25, -0.2) is 0 Å². The molecule has 0 heterocycles. The van der Waals surface area contributed by atoms with Crippen LogP contribution in [-0.2, 0) is 17.0 Å². The van der Waals surface area contributed by atoms with Crippen molar-refractivity contribution in [3.63, 3.8) is 0 Å². The van der Waals surface area contributed by atoms with E-state index in [4.69, 9.17) is 18.6 Å². The Morgan fingerprint density at radius 3 is 1.21 bits per heavy atom. The molecule has 5 heteroatoms. The number of fused-ring (bicyclic) bond motifs is 2. The molecule has 0 N–H and O–H groups in total. The molecule has 0 aliphatic carbocycles. The van der Waals surface area contributed by atoms with Gasteiger partial charge >= 0.3 is 35.6 Å². The molecular formula is C34H32Cl2P2Ti-2. The van der Waals surface area contributed by atoms with Crippen LogP contribution in [0, 0.1) is 0 Å². The molecule has 0 aromatic heterocycles. The van der Waals surface area contributed by atoms with Crippen LogP contribution >= 0.6 is 34.5 Å². The fourth-order valence-corrected chi connectivity index (χ4v) is 6.26. The van der Waals surface area contributed by atoms with Crippen molar-refractivity contribution >= 4 is 66.6 Å². The quantitative estimate of drug-likeness (QED) is 0.104. The number of hydrogen-bond donors (Lipinski definition) is 0. The Labute approximate surface area is 252 Å². The summed E-state index contributed by atoms with van der Waals surface area (Å²) in [5, 5.41) is 8.47. The molecular weight excluding hydrogens is 589 g/mol. The van der Waals surface area contributed by atoms with E-state index in [1.807, 2.05) is 0 Å². The Hall–Kier alpha value is -1.75. The van der Waals surface area contributed by atoms with E-state index in [1.54, 1.807) is 0 Å². The van der Waals surface area contributed by atoms with Crippen LogP contribution in [0.4, 0.5) is 0 Å². The van der Waals surface area contributed by atoms with Gasteiger partial charge in [0.15, 0.2) is 0 Å². The molecule has 0 aliphatic rings. The Morgan fingerprint density at radius 2 is 0.872 bits per heavy atom. The van der Waals surface area contributed by atoms with Gasteiger partial charge in [-0.3, -0.25) is 0 Å². The van der Waals surface area contributed by atoms with E-state index < -0.39 is 17.0 Å². The van der Waals surface area contributed by atoms with Gasteiger partial charge in [0.1, 0.15) is 0 Å². The van der Waals surface area contributed by atoms with Crippen molar-refractivity contribution in [3.05, 3.63) is 121 Å². The normalized spacial score (nSPS) is 10.8. The third-order valence-corrected chi connectivity index (χ3v) is 9.26. The van der Waals surface area contributed by atoms with Crippen LogP contribution in [0.25, 0.3) is 43.8 Å². The van der Waals surface area contributed by atoms with Crippen LogP contribution < -0.4 is 10.6 Å². The number of halogens is 2. The molecule has 6 rings (SSSR count).